The number of carbonyl (C=O) groups excluding carboxylic acids is 1. The summed E-state index contributed by atoms with van der Waals surface area (Å²) in [5, 5.41) is 5.99. The molecule has 76 valence electrons. The van der Waals surface area contributed by atoms with Crippen molar-refractivity contribution in [2.75, 3.05) is 0 Å². The SMILES string of the molecule is O=C(c1cn[nH]c1)c1cc(F)ccc1F. The molecule has 5 heteroatoms. The summed E-state index contributed by atoms with van der Waals surface area (Å²) in [7, 11) is 0. The van der Waals surface area contributed by atoms with Gasteiger partial charge in [0.2, 0.25) is 0 Å². The van der Waals surface area contributed by atoms with E-state index in [0.717, 1.165) is 18.2 Å². The number of nitrogens with one attached hydrogen (secondary N) is 1. The lowest BCUT2D eigenvalue weighted by Gasteiger charge is -1.99. The second-order valence-electron chi connectivity index (χ2n) is 2.94. The molecule has 3 nitrogen and oxygen atoms in total. The smallest absolute Gasteiger partial charge is 0.199 e. The van der Waals surface area contributed by atoms with Crippen molar-refractivity contribution >= 4 is 5.78 Å². The molecule has 15 heavy (non-hydrogen) atoms. The number of hydrogen-bond acceptors (Lipinski definition) is 2. The summed E-state index contributed by atoms with van der Waals surface area (Å²) in [6, 6.07) is 2.74. The molecule has 0 amide bonds. The zero-order valence-corrected chi connectivity index (χ0v) is 7.50. The molecule has 1 heterocycles. The van der Waals surface area contributed by atoms with Crippen molar-refractivity contribution in [1.29, 1.82) is 0 Å². The predicted octanol–water partition coefficient (Wildman–Crippen LogP) is 1.92. The number of benzene rings is 1. The van der Waals surface area contributed by atoms with E-state index < -0.39 is 17.4 Å². The van der Waals surface area contributed by atoms with Crippen LogP contribution in [0.15, 0.2) is 30.6 Å². The first-order valence-corrected chi connectivity index (χ1v) is 4.17. The maximum Gasteiger partial charge on any atom is 0.199 e. The van der Waals surface area contributed by atoms with E-state index >= 15 is 0 Å². The minimum absolute atomic E-state index is 0.194. The van der Waals surface area contributed by atoms with Crippen LogP contribution < -0.4 is 0 Å². The molecular weight excluding hydrogens is 202 g/mol. The summed E-state index contributed by atoms with van der Waals surface area (Å²) >= 11 is 0. The molecular formula is C10H6F2N2O. The lowest BCUT2D eigenvalue weighted by atomic mass is 10.1. The minimum Gasteiger partial charge on any atom is -0.288 e. The molecule has 0 unspecified atom stereocenters. The molecule has 0 aliphatic heterocycles. The maximum atomic E-state index is 13.2. The molecule has 1 aromatic carbocycles. The molecule has 0 fully saturated rings. The Morgan fingerprint density at radius 2 is 2.13 bits per heavy atom. The number of aromatic amines is 1. The van der Waals surface area contributed by atoms with Crippen molar-refractivity contribution in [2.45, 2.75) is 0 Å². The molecule has 0 aliphatic rings. The number of carbonyl (C=O) groups is 1. The molecule has 0 spiro atoms. The second-order valence-corrected chi connectivity index (χ2v) is 2.94. The van der Waals surface area contributed by atoms with E-state index in [0.29, 0.717) is 0 Å². The average molecular weight is 208 g/mol. The van der Waals surface area contributed by atoms with E-state index in [2.05, 4.69) is 10.2 Å². The van der Waals surface area contributed by atoms with E-state index in [1.165, 1.54) is 12.4 Å². The van der Waals surface area contributed by atoms with Crippen LogP contribution >= 0.6 is 0 Å². The summed E-state index contributed by atoms with van der Waals surface area (Å²) in [5.41, 5.74) is -0.101. The van der Waals surface area contributed by atoms with Crippen molar-refractivity contribution in [3.8, 4) is 0 Å². The molecule has 0 radical (unpaired) electrons. The van der Waals surface area contributed by atoms with E-state index in [4.69, 9.17) is 0 Å². The van der Waals surface area contributed by atoms with E-state index in [9.17, 15) is 13.6 Å². The van der Waals surface area contributed by atoms with Crippen LogP contribution in [0.5, 0.6) is 0 Å². The maximum absolute atomic E-state index is 13.2. The molecule has 0 saturated carbocycles. The fourth-order valence-corrected chi connectivity index (χ4v) is 1.20. The molecule has 0 saturated heterocycles. The quantitative estimate of drug-likeness (QED) is 0.766. The van der Waals surface area contributed by atoms with Crippen molar-refractivity contribution in [3.63, 3.8) is 0 Å². The van der Waals surface area contributed by atoms with E-state index in [1.807, 2.05) is 0 Å². The lowest BCUT2D eigenvalue weighted by Crippen LogP contribution is -2.03. The summed E-state index contributed by atoms with van der Waals surface area (Å²) < 4.78 is 26.0. The van der Waals surface area contributed by atoms with Gasteiger partial charge in [0.05, 0.1) is 17.3 Å². The Kier molecular flexibility index (Phi) is 2.29. The van der Waals surface area contributed by atoms with Crippen LogP contribution in [0.25, 0.3) is 0 Å². The fourth-order valence-electron chi connectivity index (χ4n) is 1.20. The van der Waals surface area contributed by atoms with Gasteiger partial charge in [0.1, 0.15) is 11.6 Å². The van der Waals surface area contributed by atoms with E-state index in [-0.39, 0.29) is 11.1 Å². The topological polar surface area (TPSA) is 45.8 Å². The first-order chi connectivity index (χ1) is 7.18. The van der Waals surface area contributed by atoms with Gasteiger partial charge in [-0.05, 0) is 18.2 Å². The Morgan fingerprint density at radius 1 is 1.33 bits per heavy atom. The number of rotatable bonds is 2. The highest BCUT2D eigenvalue weighted by atomic mass is 19.1. The van der Waals surface area contributed by atoms with Crippen LogP contribution in [0.1, 0.15) is 15.9 Å². The normalized spacial score (nSPS) is 10.3. The number of aromatic nitrogens is 2. The number of hydrogen-bond donors (Lipinski definition) is 1. The third kappa shape index (κ3) is 1.76. The Balaban J connectivity index is 2.46. The molecule has 1 aromatic heterocycles. The second kappa shape index (κ2) is 3.61. The Hall–Kier alpha value is -2.04. The third-order valence-corrected chi connectivity index (χ3v) is 1.93. The van der Waals surface area contributed by atoms with Gasteiger partial charge in [-0.1, -0.05) is 0 Å². The number of H-pyrrole nitrogens is 1. The van der Waals surface area contributed by atoms with Crippen molar-refractivity contribution in [1.82, 2.24) is 10.2 Å². The highest BCUT2D eigenvalue weighted by Crippen LogP contribution is 2.14. The average Bonchev–Trinajstić information content (AvgIpc) is 2.74. The fraction of sp³-hybridized carbons (Fsp3) is 0. The van der Waals surface area contributed by atoms with Gasteiger partial charge < -0.3 is 0 Å². The number of nitrogens with zero attached hydrogens (tertiary/aromatic N) is 1. The van der Waals surface area contributed by atoms with Crippen LogP contribution in [0.3, 0.4) is 0 Å². The summed E-state index contributed by atoms with van der Waals surface area (Å²) in [4.78, 5) is 11.6. The minimum atomic E-state index is -0.748. The number of halogens is 2. The van der Waals surface area contributed by atoms with Crippen molar-refractivity contribution in [3.05, 3.63) is 53.4 Å². The van der Waals surface area contributed by atoms with Gasteiger partial charge in [0.15, 0.2) is 5.78 Å². The first-order valence-electron chi connectivity index (χ1n) is 4.17. The van der Waals surface area contributed by atoms with Gasteiger partial charge in [-0.15, -0.1) is 0 Å². The van der Waals surface area contributed by atoms with Crippen LogP contribution in [-0.2, 0) is 0 Å². The summed E-state index contributed by atoms with van der Waals surface area (Å²) in [6.45, 7) is 0. The molecule has 0 aliphatic carbocycles. The Morgan fingerprint density at radius 3 is 2.80 bits per heavy atom. The highest BCUT2D eigenvalue weighted by Gasteiger charge is 2.15. The zero-order valence-electron chi connectivity index (χ0n) is 7.50. The number of ketones is 1. The lowest BCUT2D eigenvalue weighted by molar-refractivity contribution is 0.103. The van der Waals surface area contributed by atoms with Crippen LogP contribution in [0.2, 0.25) is 0 Å². The van der Waals surface area contributed by atoms with Crippen LogP contribution in [-0.4, -0.2) is 16.0 Å². The molecule has 2 rings (SSSR count). The van der Waals surface area contributed by atoms with Gasteiger partial charge in [0, 0.05) is 6.20 Å². The van der Waals surface area contributed by atoms with Gasteiger partial charge in [-0.25, -0.2) is 8.78 Å². The van der Waals surface area contributed by atoms with Gasteiger partial charge in [-0.2, -0.15) is 5.10 Å². The predicted molar refractivity (Wildman–Crippen MR) is 48.4 cm³/mol. The third-order valence-electron chi connectivity index (χ3n) is 1.93. The van der Waals surface area contributed by atoms with Crippen molar-refractivity contribution in [2.24, 2.45) is 0 Å². The van der Waals surface area contributed by atoms with Gasteiger partial charge in [0.25, 0.3) is 0 Å². The van der Waals surface area contributed by atoms with Gasteiger partial charge >= 0.3 is 0 Å². The largest absolute Gasteiger partial charge is 0.288 e. The van der Waals surface area contributed by atoms with Crippen LogP contribution in [0, 0.1) is 11.6 Å². The van der Waals surface area contributed by atoms with Crippen molar-refractivity contribution < 1.29 is 13.6 Å². The molecule has 1 N–H and O–H groups in total. The highest BCUT2D eigenvalue weighted by molar-refractivity contribution is 6.08. The standard InChI is InChI=1S/C10H6F2N2O/c11-7-1-2-9(12)8(3-7)10(15)6-4-13-14-5-6/h1-5H,(H,13,14). The Labute approximate surface area is 83.7 Å². The van der Waals surface area contributed by atoms with Crippen LogP contribution in [0.4, 0.5) is 8.78 Å². The molecule has 0 atom stereocenters. The van der Waals surface area contributed by atoms with E-state index in [1.54, 1.807) is 0 Å². The monoisotopic (exact) mass is 208 g/mol. The molecule has 0 bridgehead atoms. The first kappa shape index (κ1) is 9.51. The van der Waals surface area contributed by atoms with Gasteiger partial charge in [-0.3, -0.25) is 9.89 Å². The summed E-state index contributed by atoms with van der Waals surface area (Å²) in [6.07, 6.45) is 2.58. The Bertz CT molecular complexity index is 494. The zero-order chi connectivity index (χ0) is 10.8. The molecule has 2 aromatic rings. The summed E-state index contributed by atoms with van der Waals surface area (Å²) in [5.74, 6) is -1.99.